The van der Waals surface area contributed by atoms with Crippen LogP contribution in [0.2, 0.25) is 0 Å². The molecule has 1 saturated heterocycles. The fourth-order valence-electron chi connectivity index (χ4n) is 5.64. The molecule has 2 bridgehead atoms. The summed E-state index contributed by atoms with van der Waals surface area (Å²) in [6.45, 7) is -0.294. The smallest absolute Gasteiger partial charge is 0.244 e. The van der Waals surface area contributed by atoms with Gasteiger partial charge in [0.2, 0.25) is 17.7 Å². The fraction of sp³-hybridized carbons (Fsp3) is 0.348. The van der Waals surface area contributed by atoms with E-state index in [1.54, 1.807) is 0 Å². The van der Waals surface area contributed by atoms with Crippen molar-refractivity contribution in [1.29, 1.82) is 0 Å². The maximum absolute atomic E-state index is 13.1. The van der Waals surface area contributed by atoms with E-state index in [9.17, 15) is 18.8 Å². The summed E-state index contributed by atoms with van der Waals surface area (Å²) in [7, 11) is 0. The molecule has 29 heavy (non-hydrogen) atoms. The van der Waals surface area contributed by atoms with E-state index in [2.05, 4.69) is 17.4 Å². The van der Waals surface area contributed by atoms with Crippen molar-refractivity contribution in [3.05, 3.63) is 66.0 Å². The number of hydrogen-bond acceptors (Lipinski definition) is 3. The Hall–Kier alpha value is -3.02. The van der Waals surface area contributed by atoms with Crippen LogP contribution < -0.4 is 5.32 Å². The first kappa shape index (κ1) is 18.0. The molecule has 3 aliphatic rings. The molecule has 1 aliphatic heterocycles. The van der Waals surface area contributed by atoms with Gasteiger partial charge in [0.1, 0.15) is 12.4 Å². The summed E-state index contributed by atoms with van der Waals surface area (Å²) in [6.07, 6.45) is 1.83. The highest BCUT2D eigenvalue weighted by atomic mass is 19.1. The van der Waals surface area contributed by atoms with Crippen LogP contribution in [-0.2, 0) is 14.4 Å². The monoisotopic (exact) mass is 392 g/mol. The summed E-state index contributed by atoms with van der Waals surface area (Å²) >= 11 is 0. The molecular formula is C23H21FN2O3. The second kappa shape index (κ2) is 6.79. The molecule has 5 rings (SSSR count). The Morgan fingerprint density at radius 2 is 1.66 bits per heavy atom. The van der Waals surface area contributed by atoms with Gasteiger partial charge >= 0.3 is 0 Å². The first-order valence-corrected chi connectivity index (χ1v) is 9.98. The zero-order valence-corrected chi connectivity index (χ0v) is 15.8. The Bertz CT molecular complexity index is 975. The number of imide groups is 1. The van der Waals surface area contributed by atoms with Crippen molar-refractivity contribution in [3.63, 3.8) is 0 Å². The lowest BCUT2D eigenvalue weighted by molar-refractivity contribution is -0.143. The predicted molar refractivity (Wildman–Crippen MR) is 104 cm³/mol. The number of halogens is 1. The van der Waals surface area contributed by atoms with Crippen LogP contribution in [0.3, 0.4) is 0 Å². The molecule has 1 N–H and O–H groups in total. The molecule has 6 heteroatoms. The minimum Gasteiger partial charge on any atom is -0.325 e. The van der Waals surface area contributed by atoms with E-state index in [1.165, 1.54) is 29.8 Å². The van der Waals surface area contributed by atoms with Crippen molar-refractivity contribution in [2.75, 3.05) is 11.9 Å². The lowest BCUT2D eigenvalue weighted by atomic mass is 9.73. The van der Waals surface area contributed by atoms with Gasteiger partial charge in [-0.1, -0.05) is 30.3 Å². The van der Waals surface area contributed by atoms with Gasteiger partial charge in [-0.15, -0.1) is 0 Å². The van der Waals surface area contributed by atoms with Crippen LogP contribution >= 0.6 is 0 Å². The van der Waals surface area contributed by atoms with Crippen LogP contribution in [0.5, 0.6) is 0 Å². The van der Waals surface area contributed by atoms with Gasteiger partial charge in [0.05, 0.1) is 11.8 Å². The average molecular weight is 392 g/mol. The van der Waals surface area contributed by atoms with E-state index < -0.39 is 11.7 Å². The zero-order chi connectivity index (χ0) is 20.1. The number of anilines is 1. The van der Waals surface area contributed by atoms with Crippen molar-refractivity contribution in [1.82, 2.24) is 4.90 Å². The Kier molecular flexibility index (Phi) is 4.23. The first-order chi connectivity index (χ1) is 14.0. The summed E-state index contributed by atoms with van der Waals surface area (Å²) in [4.78, 5) is 39.5. The van der Waals surface area contributed by atoms with Gasteiger partial charge in [-0.3, -0.25) is 19.3 Å². The number of nitrogens with zero attached hydrogens (tertiary/aromatic N) is 1. The van der Waals surface area contributed by atoms with Crippen molar-refractivity contribution in [3.8, 4) is 0 Å². The number of likely N-dealkylation sites (tertiary alicyclic amines) is 1. The number of nitrogens with one attached hydrogen (secondary N) is 1. The number of benzene rings is 2. The van der Waals surface area contributed by atoms with Gasteiger partial charge in [-0.05, 0) is 60.4 Å². The van der Waals surface area contributed by atoms with Crippen LogP contribution in [0.1, 0.15) is 24.3 Å². The summed E-state index contributed by atoms with van der Waals surface area (Å²) < 4.78 is 13.0. The van der Waals surface area contributed by atoms with E-state index in [0.717, 1.165) is 17.7 Å². The van der Waals surface area contributed by atoms with E-state index in [0.29, 0.717) is 11.6 Å². The first-order valence-electron chi connectivity index (χ1n) is 9.98. The van der Waals surface area contributed by atoms with Gasteiger partial charge in [-0.2, -0.15) is 0 Å². The van der Waals surface area contributed by atoms with E-state index in [-0.39, 0.29) is 42.0 Å². The summed E-state index contributed by atoms with van der Waals surface area (Å²) in [6, 6.07) is 15.6. The van der Waals surface area contributed by atoms with Crippen molar-refractivity contribution < 1.29 is 18.8 Å². The summed E-state index contributed by atoms with van der Waals surface area (Å²) in [5, 5.41) is 2.62. The van der Waals surface area contributed by atoms with Gasteiger partial charge in [0, 0.05) is 5.69 Å². The fourth-order valence-corrected chi connectivity index (χ4v) is 5.64. The van der Waals surface area contributed by atoms with Gasteiger partial charge in [-0.25, -0.2) is 4.39 Å². The van der Waals surface area contributed by atoms with Crippen molar-refractivity contribution >= 4 is 23.4 Å². The molecule has 0 spiro atoms. The minimum absolute atomic E-state index is 0.161. The summed E-state index contributed by atoms with van der Waals surface area (Å²) in [5.41, 5.74) is 1.66. The molecule has 5 nitrogen and oxygen atoms in total. The molecule has 2 saturated carbocycles. The third-order valence-corrected chi connectivity index (χ3v) is 6.76. The second-order valence-corrected chi connectivity index (χ2v) is 8.28. The third kappa shape index (κ3) is 2.94. The van der Waals surface area contributed by atoms with Gasteiger partial charge in [0.25, 0.3) is 0 Å². The maximum atomic E-state index is 13.1. The molecule has 3 fully saturated rings. The average Bonchev–Trinajstić information content (AvgIpc) is 3.38. The topological polar surface area (TPSA) is 66.5 Å². The van der Waals surface area contributed by atoms with Crippen molar-refractivity contribution in [2.24, 2.45) is 23.7 Å². The van der Waals surface area contributed by atoms with Crippen molar-refractivity contribution in [2.45, 2.75) is 18.8 Å². The number of hydrogen-bond donors (Lipinski definition) is 1. The number of carbonyl (C=O) groups excluding carboxylic acids is 3. The predicted octanol–water partition coefficient (Wildman–Crippen LogP) is 3.19. The largest absolute Gasteiger partial charge is 0.325 e. The van der Waals surface area contributed by atoms with Gasteiger partial charge in [0.15, 0.2) is 0 Å². The number of amides is 3. The van der Waals surface area contributed by atoms with E-state index >= 15 is 0 Å². The molecular weight excluding hydrogens is 371 g/mol. The van der Waals surface area contributed by atoms with Crippen LogP contribution in [0.15, 0.2) is 54.6 Å². The maximum Gasteiger partial charge on any atom is 0.244 e. The SMILES string of the molecule is O=C(CN1C(=O)[C@@H]2[C@H]3C[C@@H](C[C@H]3c3ccccc3)[C@@H]2C1=O)Nc1ccc(F)cc1. The van der Waals surface area contributed by atoms with E-state index in [1.807, 2.05) is 18.2 Å². The second-order valence-electron chi connectivity index (χ2n) is 8.28. The van der Waals surface area contributed by atoms with Crippen LogP contribution in [0, 0.1) is 29.5 Å². The molecule has 2 aliphatic carbocycles. The molecule has 3 amide bonds. The Balaban J connectivity index is 1.31. The van der Waals surface area contributed by atoms with Crippen LogP contribution in [0.25, 0.3) is 0 Å². The Labute approximate surface area is 167 Å². The summed E-state index contributed by atoms with van der Waals surface area (Å²) in [5.74, 6) is -1.22. The molecule has 2 aromatic rings. The molecule has 0 radical (unpaired) electrons. The highest BCUT2D eigenvalue weighted by Crippen LogP contribution is 2.61. The molecule has 148 valence electrons. The molecule has 2 aromatic carbocycles. The third-order valence-electron chi connectivity index (χ3n) is 6.76. The molecule has 0 unspecified atom stereocenters. The van der Waals surface area contributed by atoms with Crippen LogP contribution in [0.4, 0.5) is 10.1 Å². The Morgan fingerprint density at radius 1 is 0.966 bits per heavy atom. The molecule has 0 aromatic heterocycles. The highest BCUT2D eigenvalue weighted by molar-refractivity contribution is 6.09. The number of fused-ring (bicyclic) bond motifs is 5. The molecule has 1 heterocycles. The van der Waals surface area contributed by atoms with Gasteiger partial charge < -0.3 is 5.32 Å². The Morgan fingerprint density at radius 3 is 2.38 bits per heavy atom. The highest BCUT2D eigenvalue weighted by Gasteiger charge is 2.63. The molecule has 5 atom stereocenters. The van der Waals surface area contributed by atoms with Crippen LogP contribution in [-0.4, -0.2) is 29.2 Å². The zero-order valence-electron chi connectivity index (χ0n) is 15.8. The quantitative estimate of drug-likeness (QED) is 0.813. The number of rotatable bonds is 4. The normalized spacial score (nSPS) is 30.0. The minimum atomic E-state index is -0.453. The van der Waals surface area contributed by atoms with E-state index in [4.69, 9.17) is 0 Å². The number of carbonyl (C=O) groups is 3. The lowest BCUT2D eigenvalue weighted by Crippen LogP contribution is -2.39. The lowest BCUT2D eigenvalue weighted by Gasteiger charge is -2.28. The standard InChI is InChI=1S/C23H21FN2O3/c24-15-6-8-16(9-7-15)25-19(27)12-26-22(28)20-14-10-17(13-4-2-1-3-5-13)18(11-14)21(20)23(26)29/h1-9,14,17-18,20-21H,10-12H2,(H,25,27)/t14-,17+,18+,20+,21-/m1/s1.